The molecular formula is C8H7BrNO2. The standard InChI is InChI=1S/C8H7BrNO2/c9-6-5-7-3-1-2-4-8(7)10(11)12/h1-5H,6H2. The van der Waals surface area contributed by atoms with Crippen LogP contribution < -0.4 is 0 Å². The molecule has 0 unspecified atom stereocenters. The highest BCUT2D eigenvalue weighted by Crippen LogP contribution is 2.19. The van der Waals surface area contributed by atoms with Crippen molar-refractivity contribution in [1.82, 2.24) is 0 Å². The van der Waals surface area contributed by atoms with E-state index in [2.05, 4.69) is 15.9 Å². The van der Waals surface area contributed by atoms with E-state index in [9.17, 15) is 10.1 Å². The Labute approximate surface area is 78.7 Å². The molecule has 1 aromatic rings. The monoisotopic (exact) mass is 228 g/mol. The molecule has 0 heterocycles. The molecule has 0 N–H and O–H groups in total. The number of para-hydroxylation sites is 1. The molecule has 0 saturated heterocycles. The third kappa shape index (κ3) is 2.04. The van der Waals surface area contributed by atoms with Crippen molar-refractivity contribution in [3.63, 3.8) is 0 Å². The zero-order valence-electron chi connectivity index (χ0n) is 6.24. The van der Waals surface area contributed by atoms with Crippen LogP contribution in [0.2, 0.25) is 0 Å². The summed E-state index contributed by atoms with van der Waals surface area (Å²) in [6.45, 7) is 0. The van der Waals surface area contributed by atoms with Crippen molar-refractivity contribution >= 4 is 21.6 Å². The lowest BCUT2D eigenvalue weighted by Crippen LogP contribution is -1.93. The molecule has 4 heteroatoms. The van der Waals surface area contributed by atoms with Gasteiger partial charge in [-0.2, -0.15) is 0 Å². The van der Waals surface area contributed by atoms with Crippen LogP contribution in [0.25, 0.3) is 0 Å². The molecule has 0 bridgehead atoms. The van der Waals surface area contributed by atoms with Crippen LogP contribution in [-0.2, 0) is 0 Å². The average molecular weight is 229 g/mol. The number of rotatable bonds is 3. The molecule has 0 aromatic heterocycles. The van der Waals surface area contributed by atoms with Gasteiger partial charge in [0.1, 0.15) is 0 Å². The Morgan fingerprint density at radius 1 is 1.50 bits per heavy atom. The molecule has 1 radical (unpaired) electrons. The fraction of sp³-hybridized carbons (Fsp3) is 0.125. The van der Waals surface area contributed by atoms with Crippen molar-refractivity contribution in [2.75, 3.05) is 5.33 Å². The predicted molar refractivity (Wildman–Crippen MR) is 50.3 cm³/mol. The summed E-state index contributed by atoms with van der Waals surface area (Å²) in [6, 6.07) is 6.65. The lowest BCUT2D eigenvalue weighted by Gasteiger charge is -1.97. The Bertz CT molecular complexity index is 288. The Morgan fingerprint density at radius 3 is 2.75 bits per heavy atom. The van der Waals surface area contributed by atoms with E-state index in [0.29, 0.717) is 10.9 Å². The molecule has 12 heavy (non-hydrogen) atoms. The van der Waals surface area contributed by atoms with Gasteiger partial charge in [0.05, 0.1) is 4.92 Å². The molecule has 1 aromatic carbocycles. The molecule has 0 atom stereocenters. The summed E-state index contributed by atoms with van der Waals surface area (Å²) in [5.74, 6) is 0. The highest BCUT2D eigenvalue weighted by Gasteiger charge is 2.10. The number of halogens is 1. The van der Waals surface area contributed by atoms with Gasteiger partial charge in [0.2, 0.25) is 0 Å². The van der Waals surface area contributed by atoms with Gasteiger partial charge in [0.15, 0.2) is 0 Å². The number of alkyl halides is 1. The first-order valence-corrected chi connectivity index (χ1v) is 4.50. The molecular weight excluding hydrogens is 222 g/mol. The van der Waals surface area contributed by atoms with Crippen molar-refractivity contribution in [3.8, 4) is 0 Å². The van der Waals surface area contributed by atoms with Gasteiger partial charge in [0, 0.05) is 23.4 Å². The van der Waals surface area contributed by atoms with Crippen molar-refractivity contribution in [3.05, 3.63) is 46.4 Å². The van der Waals surface area contributed by atoms with Crippen molar-refractivity contribution in [1.29, 1.82) is 0 Å². The first kappa shape index (κ1) is 9.19. The summed E-state index contributed by atoms with van der Waals surface area (Å²) in [7, 11) is 0. The molecule has 3 nitrogen and oxygen atoms in total. The molecule has 0 aliphatic carbocycles. The van der Waals surface area contributed by atoms with E-state index < -0.39 is 0 Å². The van der Waals surface area contributed by atoms with Gasteiger partial charge in [-0.1, -0.05) is 34.1 Å². The quantitative estimate of drug-likeness (QED) is 0.454. The van der Waals surface area contributed by atoms with Crippen LogP contribution >= 0.6 is 15.9 Å². The number of benzene rings is 1. The molecule has 1 rings (SSSR count). The highest BCUT2D eigenvalue weighted by molar-refractivity contribution is 9.09. The topological polar surface area (TPSA) is 43.1 Å². The fourth-order valence-electron chi connectivity index (χ4n) is 0.910. The molecule has 0 fully saturated rings. The molecule has 63 valence electrons. The van der Waals surface area contributed by atoms with Crippen LogP contribution in [0, 0.1) is 16.5 Å². The van der Waals surface area contributed by atoms with Gasteiger partial charge < -0.3 is 0 Å². The van der Waals surface area contributed by atoms with E-state index in [0.717, 1.165) is 0 Å². The predicted octanol–water partition coefficient (Wildman–Crippen LogP) is 2.54. The third-order valence-corrected chi connectivity index (χ3v) is 1.75. The average Bonchev–Trinajstić information content (AvgIpc) is 2.05. The number of nitrogens with zero attached hydrogens (tertiary/aromatic N) is 1. The zero-order valence-corrected chi connectivity index (χ0v) is 7.82. The summed E-state index contributed by atoms with van der Waals surface area (Å²) in [5, 5.41) is 11.1. The van der Waals surface area contributed by atoms with Gasteiger partial charge in [-0.25, -0.2) is 0 Å². The summed E-state index contributed by atoms with van der Waals surface area (Å²) in [5.41, 5.74) is 0.802. The minimum atomic E-state index is -0.380. The van der Waals surface area contributed by atoms with E-state index in [4.69, 9.17) is 0 Å². The van der Waals surface area contributed by atoms with E-state index in [1.807, 2.05) is 0 Å². The van der Waals surface area contributed by atoms with Crippen molar-refractivity contribution in [2.24, 2.45) is 0 Å². The van der Waals surface area contributed by atoms with Crippen LogP contribution in [0.15, 0.2) is 24.3 Å². The second-order valence-electron chi connectivity index (χ2n) is 2.17. The molecule has 0 aliphatic heterocycles. The summed E-state index contributed by atoms with van der Waals surface area (Å²) in [4.78, 5) is 10.1. The Balaban J connectivity index is 3.00. The first-order valence-electron chi connectivity index (χ1n) is 3.38. The minimum absolute atomic E-state index is 0.150. The molecule has 0 saturated carbocycles. The van der Waals surface area contributed by atoms with Gasteiger partial charge >= 0.3 is 0 Å². The van der Waals surface area contributed by atoms with E-state index in [-0.39, 0.29) is 10.6 Å². The Morgan fingerprint density at radius 2 is 2.17 bits per heavy atom. The second kappa shape index (κ2) is 4.21. The summed E-state index contributed by atoms with van der Waals surface area (Å²) < 4.78 is 0. The zero-order chi connectivity index (χ0) is 8.97. The largest absolute Gasteiger partial charge is 0.272 e. The number of nitro benzene ring substituents is 1. The molecule has 0 spiro atoms. The van der Waals surface area contributed by atoms with Gasteiger partial charge in [-0.05, 0) is 0 Å². The van der Waals surface area contributed by atoms with E-state index in [1.54, 1.807) is 24.6 Å². The number of hydrogen-bond acceptors (Lipinski definition) is 2. The first-order chi connectivity index (χ1) is 5.75. The minimum Gasteiger partial charge on any atom is -0.258 e. The van der Waals surface area contributed by atoms with Gasteiger partial charge in [-0.15, -0.1) is 0 Å². The van der Waals surface area contributed by atoms with Crippen molar-refractivity contribution < 1.29 is 4.92 Å². The van der Waals surface area contributed by atoms with Crippen LogP contribution in [-0.4, -0.2) is 10.3 Å². The summed E-state index contributed by atoms with van der Waals surface area (Å²) >= 11 is 3.19. The maximum absolute atomic E-state index is 10.5. The molecule has 0 amide bonds. The lowest BCUT2D eigenvalue weighted by molar-refractivity contribution is -0.385. The van der Waals surface area contributed by atoms with Crippen LogP contribution in [0.1, 0.15) is 5.56 Å². The third-order valence-electron chi connectivity index (χ3n) is 1.43. The normalized spacial score (nSPS) is 9.75. The SMILES string of the molecule is O=[N+]([O-])c1ccccc1[CH]CBr. The van der Waals surface area contributed by atoms with Gasteiger partial charge in [-0.3, -0.25) is 10.1 Å². The lowest BCUT2D eigenvalue weighted by atomic mass is 10.1. The Kier molecular flexibility index (Phi) is 3.22. The molecule has 0 aliphatic rings. The maximum atomic E-state index is 10.5. The smallest absolute Gasteiger partial charge is 0.258 e. The van der Waals surface area contributed by atoms with Gasteiger partial charge in [0.25, 0.3) is 5.69 Å². The van der Waals surface area contributed by atoms with Crippen LogP contribution in [0.4, 0.5) is 5.69 Å². The van der Waals surface area contributed by atoms with Crippen LogP contribution in [0.3, 0.4) is 0 Å². The van der Waals surface area contributed by atoms with Crippen LogP contribution in [0.5, 0.6) is 0 Å². The highest BCUT2D eigenvalue weighted by atomic mass is 79.9. The van der Waals surface area contributed by atoms with E-state index in [1.165, 1.54) is 6.07 Å². The number of nitro groups is 1. The maximum Gasteiger partial charge on any atom is 0.272 e. The Hall–Kier alpha value is -0.900. The summed E-state index contributed by atoms with van der Waals surface area (Å²) in [6.07, 6.45) is 1.76. The second-order valence-corrected chi connectivity index (χ2v) is 2.82. The van der Waals surface area contributed by atoms with E-state index >= 15 is 0 Å². The van der Waals surface area contributed by atoms with Crippen molar-refractivity contribution in [2.45, 2.75) is 0 Å². The number of hydrogen-bond donors (Lipinski definition) is 0. The fourth-order valence-corrected chi connectivity index (χ4v) is 1.26.